The lowest BCUT2D eigenvalue weighted by Gasteiger charge is -2.02. The van der Waals surface area contributed by atoms with Crippen LogP contribution in [0.2, 0.25) is 0 Å². The Hall–Kier alpha value is -2.74. The Morgan fingerprint density at radius 1 is 0.741 bits per heavy atom. The quantitative estimate of drug-likeness (QED) is 0.735. The van der Waals surface area contributed by atoms with Gasteiger partial charge >= 0.3 is 0 Å². The fraction of sp³-hybridized carbons (Fsp3) is 0.280. The third-order valence-electron chi connectivity index (χ3n) is 4.82. The van der Waals surface area contributed by atoms with Crippen molar-refractivity contribution in [1.29, 1.82) is 0 Å². The van der Waals surface area contributed by atoms with E-state index in [0.29, 0.717) is 0 Å². The highest BCUT2D eigenvalue weighted by Gasteiger charge is 2.13. The summed E-state index contributed by atoms with van der Waals surface area (Å²) in [5, 5.41) is 2.38. The van der Waals surface area contributed by atoms with Crippen molar-refractivity contribution in [2.24, 2.45) is 7.05 Å². The summed E-state index contributed by atoms with van der Waals surface area (Å²) in [7, 11) is 2.14. The lowest BCUT2D eigenvalue weighted by Crippen LogP contribution is -2.24. The molecule has 0 radical (unpaired) electrons. The van der Waals surface area contributed by atoms with Gasteiger partial charge < -0.3 is 9.55 Å². The van der Waals surface area contributed by atoms with E-state index in [1.54, 1.807) is 0 Å². The van der Waals surface area contributed by atoms with Crippen LogP contribution < -0.4 is 10.6 Å². The first-order chi connectivity index (χ1) is 13.0. The molecule has 0 aliphatic rings. The molecular weight excluding hydrogens is 328 g/mol. The van der Waals surface area contributed by atoms with E-state index in [1.165, 1.54) is 33.3 Å². The van der Waals surface area contributed by atoms with Crippen molar-refractivity contribution in [1.82, 2.24) is 9.55 Å². The van der Waals surface area contributed by atoms with Gasteiger partial charge in [-0.3, -0.25) is 0 Å². The predicted octanol–water partition coefficient (Wildman–Crippen LogP) is 5.42. The first-order valence-corrected chi connectivity index (χ1v) is 9.64. The lowest BCUT2D eigenvalue weighted by molar-refractivity contribution is 0.897. The van der Waals surface area contributed by atoms with Crippen molar-refractivity contribution in [2.45, 2.75) is 41.5 Å². The molecule has 0 atom stereocenters. The van der Waals surface area contributed by atoms with Crippen LogP contribution in [0.15, 0.2) is 24.3 Å². The van der Waals surface area contributed by atoms with Gasteiger partial charge in [-0.2, -0.15) is 0 Å². The summed E-state index contributed by atoms with van der Waals surface area (Å²) in [6.07, 6.45) is 21.5. The summed E-state index contributed by atoms with van der Waals surface area (Å²) in [5.41, 5.74) is 7.41. The SMILES string of the molecule is C/C=C\c1[nH]c(=C/C)/c(=C\c2c(C)c(/C=C\C)c(/C=C\C)n2C)c1/C=C\C. The standard InChI is InChI=1S/C25H32N2/c1-8-13-19-18(6)25(27(7)24(19)16-11-4)17-21-20(14-9-2)23(15-10-3)26-22(21)12-5/h8-17,26H,1-7H3/b13-8-,14-9-,15-10-,16-11-,21-17-,22-12+. The molecule has 0 unspecified atom stereocenters. The van der Waals surface area contributed by atoms with E-state index >= 15 is 0 Å². The second-order valence-electron chi connectivity index (χ2n) is 6.58. The molecule has 0 aromatic carbocycles. The topological polar surface area (TPSA) is 20.7 Å². The van der Waals surface area contributed by atoms with Crippen LogP contribution in [0.5, 0.6) is 0 Å². The molecule has 0 fully saturated rings. The Morgan fingerprint density at radius 2 is 1.33 bits per heavy atom. The third kappa shape index (κ3) is 4.00. The van der Waals surface area contributed by atoms with Gasteiger partial charge in [0.25, 0.3) is 0 Å². The summed E-state index contributed by atoms with van der Waals surface area (Å²) in [4.78, 5) is 3.55. The van der Waals surface area contributed by atoms with Crippen LogP contribution >= 0.6 is 0 Å². The minimum absolute atomic E-state index is 1.14. The van der Waals surface area contributed by atoms with Crippen molar-refractivity contribution in [3.8, 4) is 0 Å². The first kappa shape index (κ1) is 20.6. The zero-order valence-electron chi connectivity index (χ0n) is 17.7. The molecule has 27 heavy (non-hydrogen) atoms. The van der Waals surface area contributed by atoms with Gasteiger partial charge in [0.15, 0.2) is 0 Å². The smallest absolute Gasteiger partial charge is 0.0481 e. The van der Waals surface area contributed by atoms with Gasteiger partial charge in [0.1, 0.15) is 0 Å². The van der Waals surface area contributed by atoms with Crippen LogP contribution in [0.4, 0.5) is 0 Å². The van der Waals surface area contributed by atoms with E-state index in [2.05, 4.69) is 112 Å². The zero-order chi connectivity index (χ0) is 20.0. The molecule has 0 saturated carbocycles. The van der Waals surface area contributed by atoms with Crippen molar-refractivity contribution < 1.29 is 0 Å². The van der Waals surface area contributed by atoms with Crippen molar-refractivity contribution in [2.75, 3.05) is 0 Å². The largest absolute Gasteiger partial charge is 0.355 e. The average Bonchev–Trinajstić information content (AvgIpc) is 3.08. The highest BCUT2D eigenvalue weighted by molar-refractivity contribution is 5.73. The number of aromatic amines is 1. The zero-order valence-corrected chi connectivity index (χ0v) is 17.7. The average molecular weight is 361 g/mol. The van der Waals surface area contributed by atoms with Gasteiger partial charge in [0.2, 0.25) is 0 Å². The van der Waals surface area contributed by atoms with Gasteiger partial charge in [-0.1, -0.05) is 42.5 Å². The highest BCUT2D eigenvalue weighted by Crippen LogP contribution is 2.25. The monoisotopic (exact) mass is 360 g/mol. The molecule has 2 heteroatoms. The molecule has 2 rings (SSSR count). The second-order valence-corrected chi connectivity index (χ2v) is 6.58. The first-order valence-electron chi connectivity index (χ1n) is 9.64. The minimum Gasteiger partial charge on any atom is -0.355 e. The Labute approximate surface area is 163 Å². The molecule has 1 N–H and O–H groups in total. The molecular formula is C25H32N2. The van der Waals surface area contributed by atoms with Gasteiger partial charge in [-0.15, -0.1) is 0 Å². The molecule has 0 bridgehead atoms. The fourth-order valence-electron chi connectivity index (χ4n) is 3.57. The van der Waals surface area contributed by atoms with E-state index in [1.807, 2.05) is 6.92 Å². The summed E-state index contributed by atoms with van der Waals surface area (Å²) in [6, 6.07) is 0. The Bertz CT molecular complexity index is 996. The number of aromatic nitrogens is 2. The third-order valence-corrected chi connectivity index (χ3v) is 4.82. The van der Waals surface area contributed by atoms with E-state index in [-0.39, 0.29) is 0 Å². The summed E-state index contributed by atoms with van der Waals surface area (Å²) >= 11 is 0. The summed E-state index contributed by atoms with van der Waals surface area (Å²) in [5.74, 6) is 0. The van der Waals surface area contributed by atoms with Gasteiger partial charge in [0.05, 0.1) is 0 Å². The lowest BCUT2D eigenvalue weighted by atomic mass is 10.1. The van der Waals surface area contributed by atoms with Crippen LogP contribution in [0.1, 0.15) is 68.4 Å². The maximum Gasteiger partial charge on any atom is 0.0481 e. The highest BCUT2D eigenvalue weighted by atomic mass is 15.0. The fourth-order valence-corrected chi connectivity index (χ4v) is 3.57. The summed E-state index contributed by atoms with van der Waals surface area (Å²) in [6.45, 7) is 12.5. The minimum atomic E-state index is 1.14. The van der Waals surface area contributed by atoms with Crippen LogP contribution in [0, 0.1) is 6.92 Å². The predicted molar refractivity (Wildman–Crippen MR) is 123 cm³/mol. The number of hydrogen-bond donors (Lipinski definition) is 1. The number of nitrogens with zero attached hydrogens (tertiary/aromatic N) is 1. The molecule has 2 nitrogen and oxygen atoms in total. The number of H-pyrrole nitrogens is 1. The normalized spacial score (nSPS) is 14.3. The Balaban J connectivity index is 2.94. The van der Waals surface area contributed by atoms with Crippen molar-refractivity contribution >= 4 is 36.5 Å². The van der Waals surface area contributed by atoms with Gasteiger partial charge in [-0.25, -0.2) is 0 Å². The van der Waals surface area contributed by atoms with Crippen LogP contribution in [0.25, 0.3) is 36.5 Å². The molecule has 0 aliphatic carbocycles. The van der Waals surface area contributed by atoms with Crippen LogP contribution in [-0.2, 0) is 7.05 Å². The van der Waals surface area contributed by atoms with E-state index in [4.69, 9.17) is 0 Å². The van der Waals surface area contributed by atoms with Crippen LogP contribution in [0.3, 0.4) is 0 Å². The number of hydrogen-bond acceptors (Lipinski definition) is 0. The van der Waals surface area contributed by atoms with Crippen molar-refractivity contribution in [3.05, 3.63) is 68.6 Å². The van der Waals surface area contributed by atoms with Crippen LogP contribution in [-0.4, -0.2) is 9.55 Å². The van der Waals surface area contributed by atoms with Crippen molar-refractivity contribution in [3.63, 3.8) is 0 Å². The second kappa shape index (κ2) is 9.27. The number of rotatable bonds is 5. The van der Waals surface area contributed by atoms with E-state index < -0.39 is 0 Å². The van der Waals surface area contributed by atoms with Gasteiger partial charge in [-0.05, 0) is 65.3 Å². The van der Waals surface area contributed by atoms with Gasteiger partial charge in [0, 0.05) is 45.8 Å². The van der Waals surface area contributed by atoms with E-state index in [0.717, 1.165) is 11.0 Å². The summed E-state index contributed by atoms with van der Waals surface area (Å²) < 4.78 is 2.28. The maximum absolute atomic E-state index is 3.55. The maximum atomic E-state index is 3.55. The number of nitrogens with one attached hydrogen (secondary N) is 1. The molecule has 2 aromatic rings. The Kier molecular flexibility index (Phi) is 7.06. The van der Waals surface area contributed by atoms with E-state index in [9.17, 15) is 0 Å². The molecule has 2 aromatic heterocycles. The molecule has 142 valence electrons. The molecule has 2 heterocycles. The molecule has 0 amide bonds. The molecule has 0 spiro atoms. The molecule has 0 aliphatic heterocycles. The number of allylic oxidation sites excluding steroid dienone is 4. The molecule has 0 saturated heterocycles. The Morgan fingerprint density at radius 3 is 1.89 bits per heavy atom.